The zero-order chi connectivity index (χ0) is 15.4. The first-order valence-electron chi connectivity index (χ1n) is 8.68. The fourth-order valence-corrected chi connectivity index (χ4v) is 5.67. The number of hydrogen-bond donors (Lipinski definition) is 1. The summed E-state index contributed by atoms with van der Waals surface area (Å²) >= 11 is 0. The van der Waals surface area contributed by atoms with E-state index in [1.54, 1.807) is 0 Å². The molecule has 1 aliphatic heterocycles. The molecule has 1 amide bonds. The molecule has 3 nitrogen and oxygen atoms in total. The molecule has 21 heavy (non-hydrogen) atoms. The Bertz CT molecular complexity index is 431. The van der Waals surface area contributed by atoms with Gasteiger partial charge >= 0.3 is 0 Å². The summed E-state index contributed by atoms with van der Waals surface area (Å²) in [6, 6.07) is 0.325. The second-order valence-electron chi connectivity index (χ2n) is 8.72. The van der Waals surface area contributed by atoms with Gasteiger partial charge in [0.25, 0.3) is 0 Å². The molecule has 3 rings (SSSR count). The molecule has 2 aliphatic carbocycles. The Morgan fingerprint density at radius 3 is 2.76 bits per heavy atom. The molecule has 0 radical (unpaired) electrons. The Balaban J connectivity index is 1.85. The van der Waals surface area contributed by atoms with Crippen LogP contribution in [0.1, 0.15) is 60.3 Å². The normalized spacial score (nSPS) is 43.9. The monoisotopic (exact) mass is 293 g/mol. The van der Waals surface area contributed by atoms with Crippen molar-refractivity contribution in [2.45, 2.75) is 72.4 Å². The molecule has 0 aromatic carbocycles. The topological polar surface area (TPSA) is 38.3 Å². The van der Waals surface area contributed by atoms with Gasteiger partial charge in [-0.2, -0.15) is 0 Å². The average Bonchev–Trinajstić information content (AvgIpc) is 2.84. The molecule has 3 heteroatoms. The summed E-state index contributed by atoms with van der Waals surface area (Å²) in [6.45, 7) is 12.0. The molecule has 3 fully saturated rings. The third-order valence-electron chi connectivity index (χ3n) is 6.69. The first-order valence-corrected chi connectivity index (χ1v) is 8.68. The molecule has 1 spiro atoms. The third kappa shape index (κ3) is 2.23. The predicted molar refractivity (Wildman–Crippen MR) is 83.8 cm³/mol. The van der Waals surface area contributed by atoms with E-state index in [0.717, 1.165) is 18.9 Å². The lowest BCUT2D eigenvalue weighted by Crippen LogP contribution is -2.60. The van der Waals surface area contributed by atoms with Crippen LogP contribution >= 0.6 is 0 Å². The summed E-state index contributed by atoms with van der Waals surface area (Å²) in [5, 5.41) is 3.45. The molecule has 0 aromatic heterocycles. The van der Waals surface area contributed by atoms with E-state index in [9.17, 15) is 4.79 Å². The third-order valence-corrected chi connectivity index (χ3v) is 6.69. The highest BCUT2D eigenvalue weighted by atomic mass is 16.5. The number of nitrogens with one attached hydrogen (secondary N) is 1. The Hall–Kier alpha value is -0.570. The SMILES string of the molecule is CC(C)CC(=O)N[C@H]1C(C)(C)[C@@H]2C[C@@H]3[C@@H](C)OCCC31C2. The molecule has 120 valence electrons. The fraction of sp³-hybridized carbons (Fsp3) is 0.944. The number of ether oxygens (including phenoxy) is 1. The van der Waals surface area contributed by atoms with E-state index in [-0.39, 0.29) is 11.3 Å². The van der Waals surface area contributed by atoms with Gasteiger partial charge in [0, 0.05) is 19.1 Å². The molecule has 3 aliphatic rings. The van der Waals surface area contributed by atoms with Crippen LogP contribution in [0.25, 0.3) is 0 Å². The van der Waals surface area contributed by atoms with E-state index in [4.69, 9.17) is 4.74 Å². The number of amides is 1. The Kier molecular flexibility index (Phi) is 3.63. The lowest BCUT2D eigenvalue weighted by molar-refractivity contribution is -0.134. The van der Waals surface area contributed by atoms with Crippen molar-refractivity contribution < 1.29 is 9.53 Å². The van der Waals surface area contributed by atoms with Crippen LogP contribution in [0.5, 0.6) is 0 Å². The van der Waals surface area contributed by atoms with Gasteiger partial charge in [0.1, 0.15) is 0 Å². The minimum Gasteiger partial charge on any atom is -0.378 e. The number of fused-ring (bicyclic) bond motifs is 1. The van der Waals surface area contributed by atoms with Crippen molar-refractivity contribution in [1.29, 1.82) is 0 Å². The maximum absolute atomic E-state index is 12.4. The minimum atomic E-state index is 0.222. The molecule has 0 aromatic rings. The summed E-state index contributed by atoms with van der Waals surface area (Å²) in [7, 11) is 0. The second kappa shape index (κ2) is 4.97. The molecule has 1 unspecified atom stereocenters. The van der Waals surface area contributed by atoms with Crippen molar-refractivity contribution >= 4 is 5.91 Å². The van der Waals surface area contributed by atoms with E-state index < -0.39 is 0 Å². The van der Waals surface area contributed by atoms with Gasteiger partial charge < -0.3 is 10.1 Å². The van der Waals surface area contributed by atoms with Crippen molar-refractivity contribution in [3.63, 3.8) is 0 Å². The van der Waals surface area contributed by atoms with Crippen LogP contribution in [0.4, 0.5) is 0 Å². The van der Waals surface area contributed by atoms with Crippen LogP contribution in [0, 0.1) is 28.6 Å². The number of hydrogen-bond acceptors (Lipinski definition) is 2. The zero-order valence-electron chi connectivity index (χ0n) is 14.2. The molecule has 1 heterocycles. The fourth-order valence-electron chi connectivity index (χ4n) is 5.67. The summed E-state index contributed by atoms with van der Waals surface area (Å²) in [5.74, 6) is 2.03. The molecule has 5 atom stereocenters. The standard InChI is InChI=1S/C18H31NO2/c1-11(2)8-15(20)19-16-17(4,5)13-9-14-12(3)21-7-6-18(14,16)10-13/h11-14,16H,6-10H2,1-5H3,(H,19,20)/t12-,13-,14-,16+,18?/m1/s1. The highest BCUT2D eigenvalue weighted by molar-refractivity contribution is 5.76. The Labute approximate surface area is 129 Å². The van der Waals surface area contributed by atoms with Crippen molar-refractivity contribution in [1.82, 2.24) is 5.32 Å². The summed E-state index contributed by atoms with van der Waals surface area (Å²) in [4.78, 5) is 12.4. The summed E-state index contributed by atoms with van der Waals surface area (Å²) in [5.41, 5.74) is 0.513. The average molecular weight is 293 g/mol. The van der Waals surface area contributed by atoms with Gasteiger partial charge in [0.05, 0.1) is 6.10 Å². The van der Waals surface area contributed by atoms with Crippen LogP contribution in [-0.2, 0) is 9.53 Å². The Morgan fingerprint density at radius 1 is 1.38 bits per heavy atom. The van der Waals surface area contributed by atoms with Gasteiger partial charge in [-0.3, -0.25) is 4.79 Å². The zero-order valence-corrected chi connectivity index (χ0v) is 14.2. The molecule has 2 saturated carbocycles. The van der Waals surface area contributed by atoms with Gasteiger partial charge in [-0.15, -0.1) is 0 Å². The molecular weight excluding hydrogens is 262 g/mol. The maximum Gasteiger partial charge on any atom is 0.220 e. The van der Waals surface area contributed by atoms with Crippen LogP contribution in [-0.4, -0.2) is 24.7 Å². The van der Waals surface area contributed by atoms with E-state index in [0.29, 0.717) is 35.8 Å². The highest BCUT2D eigenvalue weighted by Crippen LogP contribution is 2.68. The Morgan fingerprint density at radius 2 is 2.10 bits per heavy atom. The second-order valence-corrected chi connectivity index (χ2v) is 8.72. The summed E-state index contributed by atoms with van der Waals surface area (Å²) < 4.78 is 5.91. The van der Waals surface area contributed by atoms with Crippen molar-refractivity contribution in [3.8, 4) is 0 Å². The van der Waals surface area contributed by atoms with E-state index in [1.165, 1.54) is 12.8 Å². The first-order chi connectivity index (χ1) is 9.77. The van der Waals surface area contributed by atoms with Crippen LogP contribution in [0.15, 0.2) is 0 Å². The van der Waals surface area contributed by atoms with Crippen LogP contribution in [0.2, 0.25) is 0 Å². The molecular formula is C18H31NO2. The van der Waals surface area contributed by atoms with Gasteiger partial charge in [0.2, 0.25) is 5.91 Å². The van der Waals surface area contributed by atoms with Crippen LogP contribution in [0.3, 0.4) is 0 Å². The van der Waals surface area contributed by atoms with E-state index in [1.807, 2.05) is 0 Å². The predicted octanol–water partition coefficient (Wildman–Crippen LogP) is 3.38. The van der Waals surface area contributed by atoms with Crippen LogP contribution < -0.4 is 5.32 Å². The van der Waals surface area contributed by atoms with E-state index >= 15 is 0 Å². The van der Waals surface area contributed by atoms with Gasteiger partial charge in [-0.25, -0.2) is 0 Å². The number of carbonyl (C=O) groups excluding carboxylic acids is 1. The highest BCUT2D eigenvalue weighted by Gasteiger charge is 2.67. The quantitative estimate of drug-likeness (QED) is 0.866. The van der Waals surface area contributed by atoms with Crippen molar-refractivity contribution in [2.24, 2.45) is 28.6 Å². The number of rotatable bonds is 3. The van der Waals surface area contributed by atoms with Crippen molar-refractivity contribution in [2.75, 3.05) is 6.61 Å². The molecule has 2 bridgehead atoms. The lowest BCUT2D eigenvalue weighted by atomic mass is 9.59. The first kappa shape index (κ1) is 15.3. The number of carbonyl (C=O) groups is 1. The largest absolute Gasteiger partial charge is 0.378 e. The van der Waals surface area contributed by atoms with Gasteiger partial charge in [0.15, 0.2) is 0 Å². The molecule has 1 saturated heterocycles. The van der Waals surface area contributed by atoms with Gasteiger partial charge in [-0.05, 0) is 54.8 Å². The van der Waals surface area contributed by atoms with Crippen molar-refractivity contribution in [3.05, 3.63) is 0 Å². The smallest absolute Gasteiger partial charge is 0.220 e. The maximum atomic E-state index is 12.4. The lowest BCUT2D eigenvalue weighted by Gasteiger charge is -2.52. The van der Waals surface area contributed by atoms with Gasteiger partial charge in [-0.1, -0.05) is 27.7 Å². The summed E-state index contributed by atoms with van der Waals surface area (Å²) in [6.07, 6.45) is 4.68. The minimum absolute atomic E-state index is 0.222. The van der Waals surface area contributed by atoms with E-state index in [2.05, 4.69) is 39.9 Å². The molecule has 1 N–H and O–H groups in total.